The topological polar surface area (TPSA) is 43.3 Å². The molecule has 0 bridgehead atoms. The monoisotopic (exact) mass is 390 g/mol. The molecule has 0 unspecified atom stereocenters. The summed E-state index contributed by atoms with van der Waals surface area (Å²) in [7, 11) is 0. The predicted octanol–water partition coefficient (Wildman–Crippen LogP) is 5.68. The van der Waals surface area contributed by atoms with Crippen molar-refractivity contribution < 1.29 is 22.7 Å². The third kappa shape index (κ3) is 3.98. The number of aryl methyl sites for hydroxylation is 3. The number of fused-ring (bicyclic) bond motifs is 1. The van der Waals surface area contributed by atoms with Crippen LogP contribution in [0, 0.1) is 6.92 Å². The van der Waals surface area contributed by atoms with E-state index in [4.69, 9.17) is 0 Å². The van der Waals surface area contributed by atoms with Crippen molar-refractivity contribution in [3.8, 4) is 5.75 Å². The lowest BCUT2D eigenvalue weighted by atomic mass is 10.1. The van der Waals surface area contributed by atoms with Crippen molar-refractivity contribution in [1.29, 1.82) is 0 Å². The second kappa shape index (κ2) is 7.58. The van der Waals surface area contributed by atoms with E-state index in [0.717, 1.165) is 29.0 Å². The largest absolute Gasteiger partial charge is 0.573 e. The maximum Gasteiger partial charge on any atom is 0.573 e. The van der Waals surface area contributed by atoms with Crippen LogP contribution in [0.3, 0.4) is 0 Å². The number of nitrogens with zero attached hydrogens (tertiary/aromatic N) is 1. The van der Waals surface area contributed by atoms with Crippen LogP contribution in [0.4, 0.5) is 18.9 Å². The first kappa shape index (κ1) is 19.8. The summed E-state index contributed by atoms with van der Waals surface area (Å²) in [6, 6.07) is 11.4. The average molecular weight is 390 g/mol. The van der Waals surface area contributed by atoms with Crippen LogP contribution in [-0.2, 0) is 13.0 Å². The number of hydrogen-bond donors (Lipinski definition) is 1. The Kier molecular flexibility index (Phi) is 5.36. The molecule has 7 heteroatoms. The number of carbonyl (C=O) groups is 1. The molecule has 0 spiro atoms. The second-order valence-corrected chi connectivity index (χ2v) is 6.45. The first-order valence-corrected chi connectivity index (χ1v) is 9.02. The molecule has 0 aliphatic rings. The Balaban J connectivity index is 1.96. The maximum absolute atomic E-state index is 12.9. The molecule has 0 saturated heterocycles. The van der Waals surface area contributed by atoms with E-state index in [2.05, 4.69) is 23.0 Å². The molecule has 1 aromatic heterocycles. The molecule has 1 heterocycles. The maximum atomic E-state index is 12.9. The molecule has 0 saturated carbocycles. The Labute approximate surface area is 160 Å². The van der Waals surface area contributed by atoms with E-state index < -0.39 is 6.36 Å². The highest BCUT2D eigenvalue weighted by molar-refractivity contribution is 6.08. The number of benzene rings is 2. The van der Waals surface area contributed by atoms with Crippen LogP contribution in [0.2, 0.25) is 0 Å². The quantitative estimate of drug-likeness (QED) is 0.609. The lowest BCUT2D eigenvalue weighted by molar-refractivity contribution is -0.274. The third-order valence-corrected chi connectivity index (χ3v) is 4.65. The van der Waals surface area contributed by atoms with Gasteiger partial charge >= 0.3 is 6.36 Å². The summed E-state index contributed by atoms with van der Waals surface area (Å²) < 4.78 is 43.1. The number of ether oxygens (including phenoxy) is 1. The van der Waals surface area contributed by atoms with Crippen molar-refractivity contribution in [2.24, 2.45) is 0 Å². The number of halogens is 3. The molecule has 0 radical (unpaired) electrons. The van der Waals surface area contributed by atoms with Crippen molar-refractivity contribution >= 4 is 22.5 Å². The van der Waals surface area contributed by atoms with Crippen LogP contribution in [0.5, 0.6) is 5.75 Å². The lowest BCUT2D eigenvalue weighted by Crippen LogP contribution is -2.19. The summed E-state index contributed by atoms with van der Waals surface area (Å²) in [5.41, 5.74) is 3.69. The first-order chi connectivity index (χ1) is 13.2. The van der Waals surface area contributed by atoms with Gasteiger partial charge in [0, 0.05) is 29.2 Å². The Hall–Kier alpha value is -2.96. The van der Waals surface area contributed by atoms with E-state index in [1.165, 1.54) is 23.8 Å². The molecule has 1 amide bonds. The van der Waals surface area contributed by atoms with Crippen LogP contribution >= 0.6 is 0 Å². The molecule has 4 nitrogen and oxygen atoms in total. The zero-order valence-corrected chi connectivity index (χ0v) is 15.9. The van der Waals surface area contributed by atoms with Crippen LogP contribution in [0.1, 0.15) is 35.5 Å². The Morgan fingerprint density at radius 2 is 1.89 bits per heavy atom. The van der Waals surface area contributed by atoms with Gasteiger partial charge in [0.25, 0.3) is 5.91 Å². The van der Waals surface area contributed by atoms with Gasteiger partial charge in [-0.2, -0.15) is 0 Å². The number of anilines is 1. The number of nitrogens with one attached hydrogen (secondary N) is 1. The highest BCUT2D eigenvalue weighted by Gasteiger charge is 2.31. The second-order valence-electron chi connectivity index (χ2n) is 6.45. The van der Waals surface area contributed by atoms with Gasteiger partial charge in [-0.25, -0.2) is 0 Å². The summed E-state index contributed by atoms with van der Waals surface area (Å²) in [5, 5.41) is 3.68. The Bertz CT molecular complexity index is 1020. The van der Waals surface area contributed by atoms with Gasteiger partial charge in [-0.1, -0.05) is 19.1 Å². The summed E-state index contributed by atoms with van der Waals surface area (Å²) in [6.07, 6.45) is -3.90. The molecule has 0 aliphatic heterocycles. The van der Waals surface area contributed by atoms with E-state index in [9.17, 15) is 18.0 Å². The number of carbonyl (C=O) groups excluding carboxylic acids is 1. The third-order valence-electron chi connectivity index (χ3n) is 4.65. The molecule has 0 fully saturated rings. The van der Waals surface area contributed by atoms with E-state index in [-0.39, 0.29) is 17.3 Å². The number of aromatic nitrogens is 1. The van der Waals surface area contributed by atoms with Crippen LogP contribution < -0.4 is 10.1 Å². The number of hydrogen-bond acceptors (Lipinski definition) is 2. The zero-order valence-electron chi connectivity index (χ0n) is 15.9. The molecule has 1 N–H and O–H groups in total. The predicted molar refractivity (Wildman–Crippen MR) is 103 cm³/mol. The van der Waals surface area contributed by atoms with Gasteiger partial charge in [0.15, 0.2) is 0 Å². The Morgan fingerprint density at radius 1 is 1.14 bits per heavy atom. The van der Waals surface area contributed by atoms with Crippen LogP contribution in [0.15, 0.2) is 42.5 Å². The van der Waals surface area contributed by atoms with E-state index in [0.29, 0.717) is 12.2 Å². The molecule has 2 aromatic carbocycles. The highest BCUT2D eigenvalue weighted by Crippen LogP contribution is 2.29. The minimum absolute atomic E-state index is 0.230. The molecule has 3 aromatic rings. The molecular formula is C21H21F3N2O2. The van der Waals surface area contributed by atoms with Crippen molar-refractivity contribution in [3.63, 3.8) is 0 Å². The van der Waals surface area contributed by atoms with E-state index in [1.807, 2.05) is 30.5 Å². The SMILES string of the molecule is CCc1ccc2c(c1)c(C)c(C(=O)Nc1cccc(OC(F)(F)F)c1)n2CC. The van der Waals surface area contributed by atoms with E-state index >= 15 is 0 Å². The minimum atomic E-state index is -4.79. The van der Waals surface area contributed by atoms with Gasteiger partial charge in [-0.15, -0.1) is 13.2 Å². The van der Waals surface area contributed by atoms with Crippen molar-refractivity contribution in [3.05, 3.63) is 59.3 Å². The van der Waals surface area contributed by atoms with Crippen molar-refractivity contribution in [2.75, 3.05) is 5.32 Å². The van der Waals surface area contributed by atoms with Crippen molar-refractivity contribution in [2.45, 2.75) is 40.1 Å². The normalized spacial score (nSPS) is 11.6. The number of amides is 1. The fourth-order valence-electron chi connectivity index (χ4n) is 3.37. The number of rotatable bonds is 5. The summed E-state index contributed by atoms with van der Waals surface area (Å²) in [5.74, 6) is -0.761. The van der Waals surface area contributed by atoms with Gasteiger partial charge in [0.05, 0.1) is 0 Å². The van der Waals surface area contributed by atoms with Crippen molar-refractivity contribution in [1.82, 2.24) is 4.57 Å². The fraction of sp³-hybridized carbons (Fsp3) is 0.286. The fourth-order valence-corrected chi connectivity index (χ4v) is 3.37. The smallest absolute Gasteiger partial charge is 0.406 e. The van der Waals surface area contributed by atoms with Gasteiger partial charge in [-0.3, -0.25) is 4.79 Å². The highest BCUT2D eigenvalue weighted by atomic mass is 19.4. The van der Waals surface area contributed by atoms with Crippen LogP contribution in [0.25, 0.3) is 10.9 Å². The van der Waals surface area contributed by atoms with Gasteiger partial charge in [-0.05, 0) is 55.7 Å². The van der Waals surface area contributed by atoms with Gasteiger partial charge in [0.2, 0.25) is 0 Å². The van der Waals surface area contributed by atoms with Gasteiger partial charge < -0.3 is 14.6 Å². The molecule has 28 heavy (non-hydrogen) atoms. The first-order valence-electron chi connectivity index (χ1n) is 9.02. The zero-order chi connectivity index (χ0) is 20.5. The van der Waals surface area contributed by atoms with E-state index in [1.54, 1.807) is 0 Å². The van der Waals surface area contributed by atoms with Gasteiger partial charge in [0.1, 0.15) is 11.4 Å². The minimum Gasteiger partial charge on any atom is -0.406 e. The Morgan fingerprint density at radius 3 is 2.54 bits per heavy atom. The molecule has 0 atom stereocenters. The van der Waals surface area contributed by atoms with Crippen LogP contribution in [-0.4, -0.2) is 16.8 Å². The molecule has 0 aliphatic carbocycles. The average Bonchev–Trinajstić information content (AvgIpc) is 2.92. The molecule has 3 rings (SSSR count). The number of alkyl halides is 3. The molecule has 148 valence electrons. The lowest BCUT2D eigenvalue weighted by Gasteiger charge is -2.12. The summed E-state index contributed by atoms with van der Waals surface area (Å²) in [4.78, 5) is 12.9. The summed E-state index contributed by atoms with van der Waals surface area (Å²) >= 11 is 0. The standard InChI is InChI=1S/C21H21F3N2O2/c1-4-14-9-10-18-17(11-14)13(3)19(26(18)5-2)20(27)25-15-7-6-8-16(12-15)28-21(22,23)24/h6-12H,4-5H2,1-3H3,(H,25,27). The molecular weight excluding hydrogens is 369 g/mol. The summed E-state index contributed by atoms with van der Waals surface area (Å²) in [6.45, 7) is 6.49.